The van der Waals surface area contributed by atoms with Gasteiger partial charge in [-0.3, -0.25) is 14.4 Å². The van der Waals surface area contributed by atoms with Crippen molar-refractivity contribution in [2.24, 2.45) is 0 Å². The van der Waals surface area contributed by atoms with Crippen molar-refractivity contribution in [2.45, 2.75) is 32.1 Å². The SMILES string of the molecule is CNC(=O)CCCC(=O)ON1C(=O)CCC1=O. The molecule has 3 amide bonds. The molecule has 0 aromatic rings. The number of carbonyl (C=O) groups is 4. The van der Waals surface area contributed by atoms with Gasteiger partial charge in [0, 0.05) is 32.7 Å². The van der Waals surface area contributed by atoms with Gasteiger partial charge in [0.25, 0.3) is 11.8 Å². The highest BCUT2D eigenvalue weighted by Crippen LogP contribution is 2.13. The van der Waals surface area contributed by atoms with Crippen molar-refractivity contribution in [3.05, 3.63) is 0 Å². The van der Waals surface area contributed by atoms with Crippen molar-refractivity contribution < 1.29 is 24.0 Å². The summed E-state index contributed by atoms with van der Waals surface area (Å²) in [4.78, 5) is 49.0. The minimum Gasteiger partial charge on any atom is -0.359 e. The highest BCUT2D eigenvalue weighted by Gasteiger charge is 2.32. The van der Waals surface area contributed by atoms with Crippen LogP contribution >= 0.6 is 0 Å². The molecule has 0 saturated carbocycles. The first-order valence-corrected chi connectivity index (χ1v) is 5.31. The van der Waals surface area contributed by atoms with Gasteiger partial charge < -0.3 is 10.2 Å². The molecule has 0 bridgehead atoms. The molecule has 7 heteroatoms. The van der Waals surface area contributed by atoms with Crippen LogP contribution in [0.2, 0.25) is 0 Å². The number of carbonyl (C=O) groups excluding carboxylic acids is 4. The number of hydrogen-bond donors (Lipinski definition) is 1. The van der Waals surface area contributed by atoms with E-state index in [9.17, 15) is 19.2 Å². The van der Waals surface area contributed by atoms with E-state index in [-0.39, 0.29) is 31.6 Å². The van der Waals surface area contributed by atoms with E-state index >= 15 is 0 Å². The van der Waals surface area contributed by atoms with Crippen LogP contribution in [0.4, 0.5) is 0 Å². The van der Waals surface area contributed by atoms with Crippen LogP contribution in [0.25, 0.3) is 0 Å². The minimum atomic E-state index is -0.683. The van der Waals surface area contributed by atoms with Crippen molar-refractivity contribution in [3.63, 3.8) is 0 Å². The molecule has 0 unspecified atom stereocenters. The predicted octanol–water partition coefficient (Wildman–Crippen LogP) is -0.490. The fourth-order valence-corrected chi connectivity index (χ4v) is 1.32. The fraction of sp³-hybridized carbons (Fsp3) is 0.600. The average Bonchev–Trinajstić information content (AvgIpc) is 2.60. The van der Waals surface area contributed by atoms with Gasteiger partial charge in [0.15, 0.2) is 0 Å². The molecule has 1 saturated heterocycles. The molecular formula is C10H14N2O5. The van der Waals surface area contributed by atoms with Gasteiger partial charge in [-0.05, 0) is 6.42 Å². The fourth-order valence-electron chi connectivity index (χ4n) is 1.32. The Bertz CT molecular complexity index is 337. The van der Waals surface area contributed by atoms with Crippen LogP contribution in [0.5, 0.6) is 0 Å². The summed E-state index contributed by atoms with van der Waals surface area (Å²) in [5.74, 6) is -1.87. The second kappa shape index (κ2) is 5.97. The Morgan fingerprint density at radius 2 is 1.82 bits per heavy atom. The molecule has 0 aromatic heterocycles. The van der Waals surface area contributed by atoms with Crippen molar-refractivity contribution in [1.82, 2.24) is 10.4 Å². The number of imide groups is 1. The number of hydrogen-bond acceptors (Lipinski definition) is 5. The second-order valence-electron chi connectivity index (χ2n) is 3.57. The van der Waals surface area contributed by atoms with Gasteiger partial charge in [-0.25, -0.2) is 4.79 Å². The molecule has 0 atom stereocenters. The summed E-state index contributed by atoms with van der Waals surface area (Å²) in [6.07, 6.45) is 0.654. The van der Waals surface area contributed by atoms with Crippen molar-refractivity contribution in [2.75, 3.05) is 7.05 Å². The largest absolute Gasteiger partial charge is 0.359 e. The summed E-state index contributed by atoms with van der Waals surface area (Å²) in [5, 5.41) is 2.92. The molecule has 1 rings (SSSR count). The Labute approximate surface area is 98.0 Å². The molecule has 94 valence electrons. The molecule has 0 aromatic carbocycles. The molecule has 1 aliphatic rings. The molecule has 0 aliphatic carbocycles. The molecule has 1 aliphatic heterocycles. The van der Waals surface area contributed by atoms with Crippen LogP contribution < -0.4 is 5.32 Å². The Balaban J connectivity index is 2.27. The lowest BCUT2D eigenvalue weighted by Crippen LogP contribution is -2.32. The topological polar surface area (TPSA) is 92.8 Å². The first-order chi connectivity index (χ1) is 8.04. The van der Waals surface area contributed by atoms with Crippen LogP contribution in [-0.4, -0.2) is 35.8 Å². The second-order valence-corrected chi connectivity index (χ2v) is 3.57. The zero-order chi connectivity index (χ0) is 12.8. The van der Waals surface area contributed by atoms with E-state index in [1.807, 2.05) is 0 Å². The van der Waals surface area contributed by atoms with Gasteiger partial charge in [-0.2, -0.15) is 0 Å². The zero-order valence-corrected chi connectivity index (χ0v) is 9.52. The predicted molar refractivity (Wildman–Crippen MR) is 55.1 cm³/mol. The molecule has 1 N–H and O–H groups in total. The molecule has 0 spiro atoms. The van der Waals surface area contributed by atoms with Crippen molar-refractivity contribution in [3.8, 4) is 0 Å². The molecule has 7 nitrogen and oxygen atoms in total. The normalized spacial score (nSPS) is 15.0. The number of amides is 3. The van der Waals surface area contributed by atoms with Crippen molar-refractivity contribution in [1.29, 1.82) is 0 Å². The number of hydroxylamine groups is 2. The van der Waals surface area contributed by atoms with E-state index in [1.54, 1.807) is 0 Å². The van der Waals surface area contributed by atoms with Crippen LogP contribution in [0.1, 0.15) is 32.1 Å². The maximum Gasteiger partial charge on any atom is 0.333 e. The summed E-state index contributed by atoms with van der Waals surface area (Å²) >= 11 is 0. The van der Waals surface area contributed by atoms with E-state index in [1.165, 1.54) is 7.05 Å². The summed E-state index contributed by atoms with van der Waals surface area (Å²) in [6, 6.07) is 0. The Hall–Kier alpha value is -1.92. The van der Waals surface area contributed by atoms with Crippen LogP contribution in [0, 0.1) is 0 Å². The van der Waals surface area contributed by atoms with Crippen LogP contribution in [0.3, 0.4) is 0 Å². The van der Waals surface area contributed by atoms with Gasteiger partial charge in [-0.1, -0.05) is 0 Å². The Morgan fingerprint density at radius 1 is 1.24 bits per heavy atom. The lowest BCUT2D eigenvalue weighted by molar-refractivity contribution is -0.197. The Morgan fingerprint density at radius 3 is 2.35 bits per heavy atom. The maximum atomic E-state index is 11.3. The lowest BCUT2D eigenvalue weighted by atomic mass is 10.2. The third-order valence-electron chi connectivity index (χ3n) is 2.26. The first-order valence-electron chi connectivity index (χ1n) is 5.31. The average molecular weight is 242 g/mol. The van der Waals surface area contributed by atoms with Crippen molar-refractivity contribution >= 4 is 23.7 Å². The highest BCUT2D eigenvalue weighted by molar-refractivity contribution is 6.01. The molecule has 1 fully saturated rings. The van der Waals surface area contributed by atoms with Crippen LogP contribution in [-0.2, 0) is 24.0 Å². The summed E-state index contributed by atoms with van der Waals surface area (Å²) in [5.41, 5.74) is 0. The Kier molecular flexibility index (Phi) is 4.62. The molecular weight excluding hydrogens is 228 g/mol. The smallest absolute Gasteiger partial charge is 0.333 e. The van der Waals surface area contributed by atoms with Gasteiger partial charge in [-0.15, -0.1) is 5.06 Å². The minimum absolute atomic E-state index is 0.00944. The van der Waals surface area contributed by atoms with Crippen LogP contribution in [0.15, 0.2) is 0 Å². The van der Waals surface area contributed by atoms with Gasteiger partial charge in [0.05, 0.1) is 0 Å². The van der Waals surface area contributed by atoms with E-state index in [0.29, 0.717) is 11.5 Å². The quantitative estimate of drug-likeness (QED) is 0.657. The third kappa shape index (κ3) is 3.86. The van der Waals surface area contributed by atoms with Gasteiger partial charge in [0.1, 0.15) is 0 Å². The third-order valence-corrected chi connectivity index (χ3v) is 2.26. The zero-order valence-electron chi connectivity index (χ0n) is 9.52. The summed E-state index contributed by atoms with van der Waals surface area (Å²) in [6.45, 7) is 0. The summed E-state index contributed by atoms with van der Waals surface area (Å²) < 4.78 is 0. The molecule has 17 heavy (non-hydrogen) atoms. The number of nitrogens with zero attached hydrogens (tertiary/aromatic N) is 1. The standard InChI is InChI=1S/C10H14N2O5/c1-11-7(13)3-2-4-10(16)17-12-8(14)5-6-9(12)15/h2-6H2,1H3,(H,11,13). The van der Waals surface area contributed by atoms with Gasteiger partial charge in [0.2, 0.25) is 5.91 Å². The van der Waals surface area contributed by atoms with Gasteiger partial charge >= 0.3 is 5.97 Å². The maximum absolute atomic E-state index is 11.3. The molecule has 0 radical (unpaired) electrons. The van der Waals surface area contributed by atoms with E-state index < -0.39 is 17.8 Å². The monoisotopic (exact) mass is 242 g/mol. The number of rotatable bonds is 5. The molecule has 1 heterocycles. The summed E-state index contributed by atoms with van der Waals surface area (Å²) in [7, 11) is 1.50. The lowest BCUT2D eigenvalue weighted by Gasteiger charge is -2.12. The number of nitrogens with one attached hydrogen (secondary N) is 1. The highest BCUT2D eigenvalue weighted by atomic mass is 16.7. The first kappa shape index (κ1) is 13.1. The van der Waals surface area contributed by atoms with E-state index in [2.05, 4.69) is 10.2 Å². The van der Waals surface area contributed by atoms with E-state index in [4.69, 9.17) is 0 Å². The van der Waals surface area contributed by atoms with E-state index in [0.717, 1.165) is 0 Å².